The average molecular weight is 298 g/mol. The molecule has 2 heterocycles. The van der Waals surface area contributed by atoms with Crippen LogP contribution >= 0.6 is 23.1 Å². The van der Waals surface area contributed by atoms with E-state index in [1.165, 1.54) is 10.4 Å². The van der Waals surface area contributed by atoms with Crippen LogP contribution in [0.1, 0.15) is 40.4 Å². The van der Waals surface area contributed by atoms with Crippen molar-refractivity contribution < 1.29 is 4.79 Å². The summed E-state index contributed by atoms with van der Waals surface area (Å²) in [4.78, 5) is 16.7. The Morgan fingerprint density at radius 1 is 1.37 bits per heavy atom. The van der Waals surface area contributed by atoms with E-state index in [1.807, 2.05) is 11.8 Å². The second-order valence-electron chi connectivity index (χ2n) is 4.69. The van der Waals surface area contributed by atoms with Crippen molar-refractivity contribution in [2.45, 2.75) is 31.8 Å². The van der Waals surface area contributed by atoms with Gasteiger partial charge < -0.3 is 10.2 Å². The fourth-order valence-corrected chi connectivity index (χ4v) is 4.63. The zero-order chi connectivity index (χ0) is 13.7. The largest absolute Gasteiger partial charge is 0.351 e. The van der Waals surface area contributed by atoms with Crippen LogP contribution in [0, 0.1) is 0 Å². The van der Waals surface area contributed by atoms with Crippen molar-refractivity contribution >= 4 is 29.0 Å². The highest BCUT2D eigenvalue weighted by Gasteiger charge is 2.18. The number of fused-ring (bicyclic) bond motifs is 1. The Hall–Kier alpha value is -0.520. The van der Waals surface area contributed by atoms with Crippen LogP contribution in [0.3, 0.4) is 0 Å². The van der Waals surface area contributed by atoms with Gasteiger partial charge in [0.05, 0.1) is 4.88 Å². The molecular formula is C14H22N2OS2. The highest BCUT2D eigenvalue weighted by molar-refractivity contribution is 7.98. The summed E-state index contributed by atoms with van der Waals surface area (Å²) < 4.78 is 0. The number of amides is 1. The minimum atomic E-state index is 0.101. The maximum atomic E-state index is 12.0. The summed E-state index contributed by atoms with van der Waals surface area (Å²) in [5.41, 5.74) is 1.36. The molecule has 0 aromatic carbocycles. The van der Waals surface area contributed by atoms with E-state index < -0.39 is 0 Å². The van der Waals surface area contributed by atoms with Crippen LogP contribution in [-0.4, -0.2) is 37.0 Å². The number of hydrogen-bond donors (Lipinski definition) is 1. The third-order valence-electron chi connectivity index (χ3n) is 3.44. The van der Waals surface area contributed by atoms with Gasteiger partial charge in [0.15, 0.2) is 0 Å². The Bertz CT molecular complexity index is 406. The molecule has 0 atom stereocenters. The Balaban J connectivity index is 1.72. The van der Waals surface area contributed by atoms with Gasteiger partial charge in [-0.15, -0.1) is 11.3 Å². The molecule has 0 bridgehead atoms. The molecule has 1 aliphatic rings. The van der Waals surface area contributed by atoms with Crippen molar-refractivity contribution in [3.05, 3.63) is 21.4 Å². The quantitative estimate of drug-likeness (QED) is 0.786. The molecule has 2 rings (SSSR count). The smallest absolute Gasteiger partial charge is 0.261 e. The predicted molar refractivity (Wildman–Crippen MR) is 84.1 cm³/mol. The first kappa shape index (κ1) is 14.9. The average Bonchev–Trinajstić information content (AvgIpc) is 2.99. The van der Waals surface area contributed by atoms with Gasteiger partial charge in [0.25, 0.3) is 5.91 Å². The van der Waals surface area contributed by atoms with Crippen molar-refractivity contribution in [2.75, 3.05) is 26.2 Å². The zero-order valence-electron chi connectivity index (χ0n) is 11.7. The number of thioether (sulfide) groups is 1. The molecule has 1 aromatic rings. The van der Waals surface area contributed by atoms with Crippen molar-refractivity contribution in [1.82, 2.24) is 10.2 Å². The summed E-state index contributed by atoms with van der Waals surface area (Å²) in [7, 11) is 0. The van der Waals surface area contributed by atoms with Gasteiger partial charge in [0.1, 0.15) is 0 Å². The van der Waals surface area contributed by atoms with Gasteiger partial charge in [0, 0.05) is 22.9 Å². The lowest BCUT2D eigenvalue weighted by atomic mass is 10.3. The number of thiophene rings is 1. The summed E-state index contributed by atoms with van der Waals surface area (Å²) in [5, 5.41) is 3.03. The van der Waals surface area contributed by atoms with Crippen LogP contribution in [0.15, 0.2) is 6.07 Å². The van der Waals surface area contributed by atoms with Crippen LogP contribution in [0.2, 0.25) is 0 Å². The van der Waals surface area contributed by atoms with Gasteiger partial charge in [-0.3, -0.25) is 4.79 Å². The summed E-state index contributed by atoms with van der Waals surface area (Å²) in [6.07, 6.45) is 1.02. The molecule has 5 heteroatoms. The van der Waals surface area contributed by atoms with Crippen LogP contribution in [-0.2, 0) is 11.5 Å². The molecule has 0 aliphatic carbocycles. The zero-order valence-corrected chi connectivity index (χ0v) is 13.3. The van der Waals surface area contributed by atoms with Crippen LogP contribution in [0.4, 0.5) is 0 Å². The third kappa shape index (κ3) is 3.97. The molecule has 0 fully saturated rings. The SMILES string of the molecule is CCN(CC)CCCNC(=O)c1cc2c(s1)CSC2. The molecule has 0 saturated carbocycles. The molecule has 0 radical (unpaired) electrons. The van der Waals surface area contributed by atoms with E-state index in [9.17, 15) is 4.79 Å². The predicted octanol–water partition coefficient (Wildman–Crippen LogP) is 2.96. The number of nitrogens with one attached hydrogen (secondary N) is 1. The highest BCUT2D eigenvalue weighted by Crippen LogP contribution is 2.36. The highest BCUT2D eigenvalue weighted by atomic mass is 32.2. The summed E-state index contributed by atoms with van der Waals surface area (Å²) >= 11 is 3.59. The summed E-state index contributed by atoms with van der Waals surface area (Å²) in [6.45, 7) is 8.34. The van der Waals surface area contributed by atoms with Gasteiger partial charge in [-0.25, -0.2) is 0 Å². The van der Waals surface area contributed by atoms with Crippen molar-refractivity contribution in [3.8, 4) is 0 Å². The standard InChI is InChI=1S/C14H22N2OS2/c1-3-16(4-2)7-5-6-15-14(17)12-8-11-9-18-10-13(11)19-12/h8H,3-7,9-10H2,1-2H3,(H,15,17). The molecule has 1 aliphatic heterocycles. The summed E-state index contributed by atoms with van der Waals surface area (Å²) in [5.74, 6) is 2.25. The number of carbonyl (C=O) groups excluding carboxylic acids is 1. The maximum Gasteiger partial charge on any atom is 0.261 e. The maximum absolute atomic E-state index is 12.0. The van der Waals surface area contributed by atoms with E-state index >= 15 is 0 Å². The van der Waals surface area contributed by atoms with Crippen LogP contribution < -0.4 is 5.32 Å². The second-order valence-corrected chi connectivity index (χ2v) is 6.81. The van der Waals surface area contributed by atoms with Gasteiger partial charge in [-0.2, -0.15) is 11.8 Å². The van der Waals surface area contributed by atoms with Gasteiger partial charge in [0.2, 0.25) is 0 Å². The molecule has 1 amide bonds. The van der Waals surface area contributed by atoms with Gasteiger partial charge in [-0.05, 0) is 37.7 Å². The van der Waals surface area contributed by atoms with Gasteiger partial charge >= 0.3 is 0 Å². The van der Waals surface area contributed by atoms with Crippen molar-refractivity contribution in [2.24, 2.45) is 0 Å². The van der Waals surface area contributed by atoms with E-state index in [2.05, 4.69) is 30.1 Å². The van der Waals surface area contributed by atoms with Crippen LogP contribution in [0.25, 0.3) is 0 Å². The minimum Gasteiger partial charge on any atom is -0.351 e. The second kappa shape index (κ2) is 7.31. The number of carbonyl (C=O) groups is 1. The molecule has 19 heavy (non-hydrogen) atoms. The number of rotatable bonds is 7. The van der Waals surface area contributed by atoms with Gasteiger partial charge in [-0.1, -0.05) is 13.8 Å². The van der Waals surface area contributed by atoms with E-state index in [4.69, 9.17) is 0 Å². The Morgan fingerprint density at radius 2 is 2.16 bits per heavy atom. The Labute approximate surface area is 123 Å². The minimum absolute atomic E-state index is 0.101. The molecule has 0 unspecified atom stereocenters. The fourth-order valence-electron chi connectivity index (χ4n) is 2.21. The topological polar surface area (TPSA) is 32.3 Å². The Kier molecular flexibility index (Phi) is 5.73. The lowest BCUT2D eigenvalue weighted by Crippen LogP contribution is -2.29. The molecule has 1 N–H and O–H groups in total. The molecule has 106 valence electrons. The molecular weight excluding hydrogens is 276 g/mol. The molecule has 3 nitrogen and oxygen atoms in total. The fraction of sp³-hybridized carbons (Fsp3) is 0.643. The Morgan fingerprint density at radius 3 is 2.84 bits per heavy atom. The van der Waals surface area contributed by atoms with E-state index in [1.54, 1.807) is 11.3 Å². The number of hydrogen-bond acceptors (Lipinski definition) is 4. The van der Waals surface area contributed by atoms with E-state index in [0.717, 1.165) is 49.0 Å². The van der Waals surface area contributed by atoms with Crippen molar-refractivity contribution in [3.63, 3.8) is 0 Å². The lowest BCUT2D eigenvalue weighted by Gasteiger charge is -2.17. The molecule has 0 saturated heterocycles. The molecule has 1 aromatic heterocycles. The molecule has 0 spiro atoms. The normalized spacial score (nSPS) is 13.8. The number of nitrogens with zero attached hydrogens (tertiary/aromatic N) is 1. The monoisotopic (exact) mass is 298 g/mol. The first-order chi connectivity index (χ1) is 9.24. The van der Waals surface area contributed by atoms with Crippen molar-refractivity contribution in [1.29, 1.82) is 0 Å². The lowest BCUT2D eigenvalue weighted by molar-refractivity contribution is 0.0956. The summed E-state index contributed by atoms with van der Waals surface area (Å²) in [6, 6.07) is 2.07. The third-order valence-corrected chi connectivity index (χ3v) is 5.81. The van der Waals surface area contributed by atoms with Crippen LogP contribution in [0.5, 0.6) is 0 Å². The first-order valence-electron chi connectivity index (χ1n) is 6.94. The first-order valence-corrected chi connectivity index (χ1v) is 8.91. The van der Waals surface area contributed by atoms with E-state index in [0.29, 0.717) is 0 Å². The van der Waals surface area contributed by atoms with E-state index in [-0.39, 0.29) is 5.91 Å².